The number of alkyl halides is 6. The summed E-state index contributed by atoms with van der Waals surface area (Å²) in [6.07, 6.45) is -8.99. The topological polar surface area (TPSA) is 92.7 Å². The van der Waals surface area contributed by atoms with Gasteiger partial charge in [0.15, 0.2) is 0 Å². The number of carbonyl (C=O) groups excluding carboxylic acids is 2. The van der Waals surface area contributed by atoms with Crippen molar-refractivity contribution in [3.05, 3.63) is 62.6 Å². The lowest BCUT2D eigenvalue weighted by molar-refractivity contribution is -0.275. The minimum Gasteiger partial charge on any atom is -0.374 e. The van der Waals surface area contributed by atoms with Gasteiger partial charge in [-0.05, 0) is 30.3 Å². The largest absolute Gasteiger partial charge is 0.435 e. The molecule has 0 fully saturated rings. The zero-order valence-corrected chi connectivity index (χ0v) is 21.0. The summed E-state index contributed by atoms with van der Waals surface area (Å²) in [5, 5.41) is 7.84. The molecule has 1 atom stereocenters. The molecule has 16 heteroatoms. The summed E-state index contributed by atoms with van der Waals surface area (Å²) in [6.45, 7) is -2.25. The third-order valence-corrected chi connectivity index (χ3v) is 6.87. The smallest absolute Gasteiger partial charge is 0.374 e. The van der Waals surface area contributed by atoms with Gasteiger partial charge in [-0.15, -0.1) is 11.3 Å². The number of hydrogen-bond acceptors (Lipinski definition) is 6. The molecule has 4 rings (SSSR count). The van der Waals surface area contributed by atoms with Crippen LogP contribution in [-0.4, -0.2) is 48.0 Å². The Morgan fingerprint density at radius 1 is 1.03 bits per heavy atom. The molecule has 38 heavy (non-hydrogen) atoms. The van der Waals surface area contributed by atoms with Crippen LogP contribution in [0.2, 0.25) is 10.0 Å². The number of pyridine rings is 1. The lowest BCUT2D eigenvalue weighted by atomic mass is 9.88. The monoisotopic (exact) mass is 598 g/mol. The number of nitrogens with one attached hydrogen (secondary N) is 2. The molecule has 0 aliphatic carbocycles. The Kier molecular flexibility index (Phi) is 7.51. The number of hydrogen-bond donors (Lipinski definition) is 2. The Labute approximate surface area is 223 Å². The number of rotatable bonds is 6. The number of nitrogens with zero attached hydrogens (tertiary/aromatic N) is 2. The van der Waals surface area contributed by atoms with E-state index in [2.05, 4.69) is 15.5 Å². The molecular formula is C22H14Cl2F6N4O3S. The normalized spacial score (nSPS) is 17.7. The van der Waals surface area contributed by atoms with E-state index in [0.29, 0.717) is 15.1 Å². The fraction of sp³-hybridized carbons (Fsp3) is 0.273. The van der Waals surface area contributed by atoms with Crippen molar-refractivity contribution in [2.75, 3.05) is 13.1 Å². The Hall–Kier alpha value is -3.10. The first-order valence-corrected chi connectivity index (χ1v) is 12.0. The predicted molar refractivity (Wildman–Crippen MR) is 127 cm³/mol. The van der Waals surface area contributed by atoms with Crippen molar-refractivity contribution < 1.29 is 40.8 Å². The highest BCUT2D eigenvalue weighted by atomic mass is 35.5. The number of benzene rings is 1. The van der Waals surface area contributed by atoms with E-state index in [-0.39, 0.29) is 26.9 Å². The fourth-order valence-electron chi connectivity index (χ4n) is 3.55. The van der Waals surface area contributed by atoms with Gasteiger partial charge in [-0.2, -0.15) is 26.3 Å². The van der Waals surface area contributed by atoms with Crippen LogP contribution in [0.15, 0.2) is 41.7 Å². The van der Waals surface area contributed by atoms with Crippen molar-refractivity contribution in [2.45, 2.75) is 24.4 Å². The number of thiophene rings is 1. The van der Waals surface area contributed by atoms with Gasteiger partial charge in [0, 0.05) is 27.2 Å². The van der Waals surface area contributed by atoms with Gasteiger partial charge in [-0.3, -0.25) is 9.59 Å². The molecule has 1 aliphatic heterocycles. The second-order valence-electron chi connectivity index (χ2n) is 8.09. The van der Waals surface area contributed by atoms with Crippen molar-refractivity contribution in [3.63, 3.8) is 0 Å². The van der Waals surface area contributed by atoms with E-state index in [1.165, 1.54) is 18.2 Å². The van der Waals surface area contributed by atoms with Crippen molar-refractivity contribution in [3.8, 4) is 0 Å². The molecule has 1 aromatic carbocycles. The van der Waals surface area contributed by atoms with Gasteiger partial charge in [-0.25, -0.2) is 4.98 Å². The molecule has 3 heterocycles. The Morgan fingerprint density at radius 2 is 1.71 bits per heavy atom. The Balaban J connectivity index is 1.51. The molecule has 0 saturated heterocycles. The van der Waals surface area contributed by atoms with Gasteiger partial charge >= 0.3 is 12.4 Å². The van der Waals surface area contributed by atoms with E-state index in [1.54, 1.807) is 5.32 Å². The molecule has 7 nitrogen and oxygen atoms in total. The number of aromatic nitrogens is 1. The van der Waals surface area contributed by atoms with E-state index < -0.39 is 49.3 Å². The number of halogens is 8. The summed E-state index contributed by atoms with van der Waals surface area (Å²) in [5.41, 5.74) is -3.18. The summed E-state index contributed by atoms with van der Waals surface area (Å²) >= 11 is 12.8. The first-order chi connectivity index (χ1) is 17.7. The average molecular weight is 599 g/mol. The van der Waals surface area contributed by atoms with Crippen LogP contribution in [0.4, 0.5) is 26.3 Å². The second kappa shape index (κ2) is 10.2. The van der Waals surface area contributed by atoms with E-state index >= 15 is 0 Å². The fourth-order valence-corrected chi connectivity index (χ4v) is 5.03. The molecular weight excluding hydrogens is 585 g/mol. The number of carbonyl (C=O) groups is 2. The van der Waals surface area contributed by atoms with Crippen LogP contribution in [0.5, 0.6) is 0 Å². The van der Waals surface area contributed by atoms with Crippen LogP contribution in [0.3, 0.4) is 0 Å². The third-order valence-electron chi connectivity index (χ3n) is 5.33. The minimum absolute atomic E-state index is 0.0112. The molecule has 1 aliphatic rings. The minimum atomic E-state index is -4.88. The van der Waals surface area contributed by atoms with E-state index in [9.17, 15) is 35.9 Å². The van der Waals surface area contributed by atoms with Crippen molar-refractivity contribution >= 4 is 62.3 Å². The number of fused-ring (bicyclic) bond motifs is 1. The summed E-state index contributed by atoms with van der Waals surface area (Å²) < 4.78 is 79.2. The maximum Gasteiger partial charge on any atom is 0.435 e. The molecule has 2 aromatic heterocycles. The Morgan fingerprint density at radius 3 is 2.34 bits per heavy atom. The maximum absolute atomic E-state index is 14.2. The quantitative estimate of drug-likeness (QED) is 0.362. The molecule has 2 N–H and O–H groups in total. The summed E-state index contributed by atoms with van der Waals surface area (Å²) in [4.78, 5) is 33.6. The van der Waals surface area contributed by atoms with Crippen LogP contribution >= 0.6 is 34.5 Å². The van der Waals surface area contributed by atoms with Gasteiger partial charge in [0.05, 0.1) is 23.4 Å². The van der Waals surface area contributed by atoms with Crippen molar-refractivity contribution in [1.82, 2.24) is 15.6 Å². The standard InChI is InChI=1S/C22H14Cl2F6N4O3S/c23-13-3-12(4-14(24)5-13)20(22(28,29)30)6-15(34-37-20)16-2-10-1-11(7-32-19(10)38-16)18(36)31-8-17(35)33-9-21(25,26)27/h1-5,7H,6,8-9H2,(H,31,36)(H,33,35). The predicted octanol–water partition coefficient (Wildman–Crippen LogP) is 5.59. The molecule has 0 spiro atoms. The van der Waals surface area contributed by atoms with Crippen LogP contribution in [0, 0.1) is 0 Å². The van der Waals surface area contributed by atoms with Gasteiger partial charge in [0.1, 0.15) is 17.1 Å². The van der Waals surface area contributed by atoms with Crippen LogP contribution in [0.25, 0.3) is 10.2 Å². The summed E-state index contributed by atoms with van der Waals surface area (Å²) in [5.74, 6) is -1.83. The Bertz CT molecular complexity index is 1420. The highest BCUT2D eigenvalue weighted by Crippen LogP contribution is 2.50. The number of amides is 2. The van der Waals surface area contributed by atoms with Crippen LogP contribution < -0.4 is 10.6 Å². The molecule has 3 aromatic rings. The molecule has 0 bridgehead atoms. The maximum atomic E-state index is 14.2. The zero-order chi connectivity index (χ0) is 27.9. The van der Waals surface area contributed by atoms with Gasteiger partial charge in [0.2, 0.25) is 5.91 Å². The second-order valence-corrected chi connectivity index (χ2v) is 10.00. The van der Waals surface area contributed by atoms with E-state index in [1.807, 2.05) is 0 Å². The van der Waals surface area contributed by atoms with Gasteiger partial charge < -0.3 is 15.5 Å². The molecule has 0 saturated carbocycles. The lowest BCUT2D eigenvalue weighted by Gasteiger charge is -2.29. The van der Waals surface area contributed by atoms with Gasteiger partial charge in [-0.1, -0.05) is 28.4 Å². The van der Waals surface area contributed by atoms with Crippen molar-refractivity contribution in [1.29, 1.82) is 0 Å². The highest BCUT2D eigenvalue weighted by molar-refractivity contribution is 7.20. The van der Waals surface area contributed by atoms with Crippen LogP contribution in [0.1, 0.15) is 27.2 Å². The molecule has 2 amide bonds. The SMILES string of the molecule is O=C(CNC(=O)c1cnc2sc(C3=NOC(c4cc(Cl)cc(Cl)c4)(C(F)(F)F)C3)cc2c1)NCC(F)(F)F. The first-order valence-electron chi connectivity index (χ1n) is 10.5. The van der Waals surface area contributed by atoms with Crippen LogP contribution in [-0.2, 0) is 15.2 Å². The molecule has 0 radical (unpaired) electrons. The van der Waals surface area contributed by atoms with Gasteiger partial charge in [0.25, 0.3) is 11.5 Å². The van der Waals surface area contributed by atoms with E-state index in [0.717, 1.165) is 29.7 Å². The molecule has 202 valence electrons. The average Bonchev–Trinajstić information content (AvgIpc) is 3.44. The van der Waals surface area contributed by atoms with E-state index in [4.69, 9.17) is 28.0 Å². The molecule has 1 unspecified atom stereocenters. The van der Waals surface area contributed by atoms with Crippen molar-refractivity contribution in [2.24, 2.45) is 5.16 Å². The number of oxime groups is 1. The lowest BCUT2D eigenvalue weighted by Crippen LogP contribution is -2.42. The summed E-state index contributed by atoms with van der Waals surface area (Å²) in [7, 11) is 0. The third kappa shape index (κ3) is 5.97. The first kappa shape index (κ1) is 27.9. The summed E-state index contributed by atoms with van der Waals surface area (Å²) in [6, 6.07) is 6.32. The highest BCUT2D eigenvalue weighted by Gasteiger charge is 2.62. The zero-order valence-electron chi connectivity index (χ0n) is 18.6.